The molecule has 3 radical (unpaired) electrons. The first-order valence-electron chi connectivity index (χ1n) is 0. The van der Waals surface area contributed by atoms with Crippen LogP contribution in [0.1, 0.15) is 5.71 Å². The molecular weight excluding hydrogens is 303 g/mol. The molecule has 0 aromatic heterocycles. The molecular formula is H6CaMgMnSnZn. The number of hydrogen-bond donors (Lipinski definition) is 0. The summed E-state index contributed by atoms with van der Waals surface area (Å²) in [6.45, 7) is 0. The fraction of sp³-hybridized carbons (Fsp3) is 0. The molecule has 0 spiro atoms. The fourth-order valence-corrected chi connectivity index (χ4v) is 0. The summed E-state index contributed by atoms with van der Waals surface area (Å²) in [5.41, 5.74) is 0. The average molecular weight is 309 g/mol. The third kappa shape index (κ3) is 18.0. The Morgan fingerprint density at radius 2 is 1.20 bits per heavy atom. The Kier molecular flexibility index (Phi) is 178. The van der Waals surface area contributed by atoms with Gasteiger partial charge in [0.05, 0.1) is 0 Å². The van der Waals surface area contributed by atoms with E-state index in [0.717, 1.165) is 0 Å². The van der Waals surface area contributed by atoms with Crippen LogP contribution in [0, 0.1) is 0 Å². The summed E-state index contributed by atoms with van der Waals surface area (Å²) in [5, 5.41) is 0. The van der Waals surface area contributed by atoms with E-state index in [2.05, 4.69) is 0 Å². The van der Waals surface area contributed by atoms with Gasteiger partial charge >= 0.3 is 84.7 Å². The van der Waals surface area contributed by atoms with Crippen molar-refractivity contribution >= 4 is 84.7 Å². The zero-order valence-electron chi connectivity index (χ0n) is 7.21. The average Bonchev–Trinajstić information content (AvgIpc) is 0. The standard InChI is InChI=1S/Ca.Mg.Mn.Sn.Zn.6H/q2*+2;;;;;;4*-1. The second kappa shape index (κ2) is 24.6. The van der Waals surface area contributed by atoms with Crippen LogP contribution in [0.4, 0.5) is 0 Å². The molecule has 0 aliphatic carbocycles. The molecule has 0 N–H and O–H groups in total. The van der Waals surface area contributed by atoms with Crippen molar-refractivity contribution in [2.75, 3.05) is 0 Å². The summed E-state index contributed by atoms with van der Waals surface area (Å²) in [5.74, 6) is 0. The second-order valence-electron chi connectivity index (χ2n) is 0. The maximum atomic E-state index is 0. The zero-order chi connectivity index (χ0) is 0. The molecule has 0 heterocycles. The summed E-state index contributed by atoms with van der Waals surface area (Å²) in [6, 6.07) is 0. The molecule has 0 rings (SSSR count). The summed E-state index contributed by atoms with van der Waals surface area (Å²) >= 11 is 0. The Morgan fingerprint density at radius 1 is 1.20 bits per heavy atom. The van der Waals surface area contributed by atoms with Crippen molar-refractivity contribution in [1.82, 2.24) is 0 Å². The molecule has 0 aliphatic rings. The van der Waals surface area contributed by atoms with Crippen LogP contribution >= 0.6 is 0 Å². The Morgan fingerprint density at radius 3 is 1.20 bits per heavy atom. The van der Waals surface area contributed by atoms with Gasteiger partial charge in [0, 0.05) is 36.5 Å². The van der Waals surface area contributed by atoms with Gasteiger partial charge in [-0.05, 0) is 0 Å². The largest absolute Gasteiger partial charge is 0 e. The number of hydrogen-bond acceptors (Lipinski definition) is 0. The van der Waals surface area contributed by atoms with Crippen molar-refractivity contribution < 1.29 is 42.3 Å². The van der Waals surface area contributed by atoms with Gasteiger partial charge in [-0.2, -0.15) is 0 Å². The third-order valence-electron chi connectivity index (χ3n) is 0. The van der Waals surface area contributed by atoms with Gasteiger partial charge in [-0.15, -0.1) is 0 Å². The van der Waals surface area contributed by atoms with Crippen LogP contribution in [-0.2, 0) is 36.5 Å². The molecule has 0 amide bonds. The molecule has 0 bridgehead atoms. The first-order valence-corrected chi connectivity index (χ1v) is 0. The predicted octanol–water partition coefficient (Wildman–Crippen LogP) is -1.23. The maximum absolute atomic E-state index is 0. The van der Waals surface area contributed by atoms with E-state index in [1.54, 1.807) is 0 Å². The van der Waals surface area contributed by atoms with Crippen molar-refractivity contribution in [1.29, 1.82) is 0 Å². The zero-order valence-corrected chi connectivity index (χ0v) is 15.0. The van der Waals surface area contributed by atoms with Crippen LogP contribution in [0.15, 0.2) is 0 Å². The molecule has 5 heavy (non-hydrogen) atoms. The van der Waals surface area contributed by atoms with Gasteiger partial charge < -0.3 is 5.71 Å². The van der Waals surface area contributed by atoms with E-state index in [1.165, 1.54) is 0 Å². The van der Waals surface area contributed by atoms with Crippen LogP contribution in [-0.4, -0.2) is 84.7 Å². The molecule has 0 aliphatic heterocycles. The summed E-state index contributed by atoms with van der Waals surface area (Å²) in [4.78, 5) is 0. The SMILES string of the molecule is [Ca+2].[H-].[H-].[H-].[H-].[Mg+2].[Mn].[SnH2].[Zn]. The van der Waals surface area contributed by atoms with E-state index in [0.29, 0.717) is 0 Å². The Bertz CT molecular complexity index is 20.5. The van der Waals surface area contributed by atoms with Gasteiger partial charge in [0.1, 0.15) is 0 Å². The van der Waals surface area contributed by atoms with Crippen molar-refractivity contribution in [3.8, 4) is 0 Å². The smallest absolute Gasteiger partial charge is 0 e. The molecule has 0 fully saturated rings. The van der Waals surface area contributed by atoms with E-state index in [4.69, 9.17) is 0 Å². The van der Waals surface area contributed by atoms with Gasteiger partial charge in [-0.3, -0.25) is 0 Å². The first kappa shape index (κ1) is 36.2. The van der Waals surface area contributed by atoms with Gasteiger partial charge in [0.25, 0.3) is 0 Å². The minimum Gasteiger partial charge on any atom is 0 e. The summed E-state index contributed by atoms with van der Waals surface area (Å²) < 4.78 is 0. The molecule has 0 nitrogen and oxygen atoms in total. The van der Waals surface area contributed by atoms with Crippen molar-refractivity contribution in [3.05, 3.63) is 0 Å². The quantitative estimate of drug-likeness (QED) is 0.492. The predicted molar refractivity (Wildman–Crippen MR) is 24.5 cm³/mol. The fourth-order valence-electron chi connectivity index (χ4n) is 0. The number of rotatable bonds is 0. The molecule has 0 unspecified atom stereocenters. The van der Waals surface area contributed by atoms with Crippen molar-refractivity contribution in [2.24, 2.45) is 0 Å². The van der Waals surface area contributed by atoms with Crippen LogP contribution in [0.3, 0.4) is 0 Å². The van der Waals surface area contributed by atoms with Crippen molar-refractivity contribution in [2.45, 2.75) is 0 Å². The van der Waals surface area contributed by atoms with Crippen molar-refractivity contribution in [3.63, 3.8) is 0 Å². The monoisotopic (exact) mass is 309 g/mol. The minimum atomic E-state index is 0. The van der Waals surface area contributed by atoms with E-state index < -0.39 is 0 Å². The summed E-state index contributed by atoms with van der Waals surface area (Å²) in [7, 11) is 0. The van der Waals surface area contributed by atoms with E-state index in [1.807, 2.05) is 0 Å². The normalized spacial score (nSPS) is 0. The topological polar surface area (TPSA) is 0 Å². The van der Waals surface area contributed by atoms with Crippen LogP contribution in [0.2, 0.25) is 0 Å². The molecule has 0 saturated carbocycles. The van der Waals surface area contributed by atoms with Gasteiger partial charge in [-0.1, -0.05) is 0 Å². The summed E-state index contributed by atoms with van der Waals surface area (Å²) in [6.07, 6.45) is 0. The van der Waals surface area contributed by atoms with Crippen LogP contribution < -0.4 is 0 Å². The first-order chi connectivity index (χ1) is 0. The van der Waals surface area contributed by atoms with Gasteiger partial charge in [0.2, 0.25) is 0 Å². The van der Waals surface area contributed by atoms with Crippen LogP contribution in [0.25, 0.3) is 0 Å². The Labute approximate surface area is 124 Å². The minimum absolute atomic E-state index is 0. The molecule has 0 aromatic carbocycles. The second-order valence-corrected chi connectivity index (χ2v) is 0. The molecule has 0 atom stereocenters. The molecule has 23 valence electrons. The van der Waals surface area contributed by atoms with Gasteiger partial charge in [0.15, 0.2) is 0 Å². The van der Waals surface area contributed by atoms with Crippen LogP contribution in [0.5, 0.6) is 0 Å². The van der Waals surface area contributed by atoms with E-state index in [-0.39, 0.29) is 127 Å². The van der Waals surface area contributed by atoms with E-state index >= 15 is 0 Å². The Hall–Kier alpha value is 3.97. The Balaban J connectivity index is 0. The molecule has 5 heteroatoms. The van der Waals surface area contributed by atoms with Gasteiger partial charge in [-0.25, -0.2) is 0 Å². The third-order valence-corrected chi connectivity index (χ3v) is 0. The maximum Gasteiger partial charge on any atom is 0 e. The van der Waals surface area contributed by atoms with E-state index in [9.17, 15) is 0 Å². The molecule has 0 aromatic rings. The molecule has 0 saturated heterocycles.